The van der Waals surface area contributed by atoms with Crippen LogP contribution in [0.3, 0.4) is 0 Å². The van der Waals surface area contributed by atoms with Gasteiger partial charge in [0.2, 0.25) is 0 Å². The number of hydrogen-bond acceptors (Lipinski definition) is 4. The van der Waals surface area contributed by atoms with Gasteiger partial charge in [-0.1, -0.05) is 11.6 Å². The van der Waals surface area contributed by atoms with Crippen molar-refractivity contribution in [1.82, 2.24) is 4.90 Å². The Balaban J connectivity index is 0.00000300. The number of benzene rings is 2. The highest BCUT2D eigenvalue weighted by molar-refractivity contribution is 6.30. The Kier molecular flexibility index (Phi) is 8.34. The van der Waals surface area contributed by atoms with E-state index < -0.39 is 5.60 Å². The van der Waals surface area contributed by atoms with Crippen LogP contribution < -0.4 is 0 Å². The van der Waals surface area contributed by atoms with Crippen LogP contribution >= 0.6 is 24.0 Å². The van der Waals surface area contributed by atoms with Crippen LogP contribution in [0.2, 0.25) is 5.02 Å². The lowest BCUT2D eigenvalue weighted by atomic mass is 9.84. The predicted octanol–water partition coefficient (Wildman–Crippen LogP) is 4.57. The van der Waals surface area contributed by atoms with Gasteiger partial charge >= 0.3 is 0 Å². The van der Waals surface area contributed by atoms with Crippen LogP contribution in [-0.4, -0.2) is 46.8 Å². The highest BCUT2D eigenvalue weighted by Crippen LogP contribution is 2.27. The van der Waals surface area contributed by atoms with Gasteiger partial charge in [-0.05, 0) is 74.3 Å². The molecule has 0 saturated carbocycles. The fraction of sp³-hybridized carbons (Fsp3) is 0.364. The van der Waals surface area contributed by atoms with E-state index in [9.17, 15) is 19.1 Å². The van der Waals surface area contributed by atoms with Crippen molar-refractivity contribution in [3.63, 3.8) is 0 Å². The Bertz CT molecular complexity index is 832. The molecule has 0 spiro atoms. The average molecular weight is 440 g/mol. The predicted molar refractivity (Wildman–Crippen MR) is 114 cm³/mol. The number of carbonyl (C=O) groups is 2. The van der Waals surface area contributed by atoms with Crippen molar-refractivity contribution >= 4 is 35.6 Å². The van der Waals surface area contributed by atoms with Gasteiger partial charge in [0.25, 0.3) is 0 Å². The number of carbonyl (C=O) groups excluding carboxylic acids is 2. The molecular weight excluding hydrogens is 416 g/mol. The van der Waals surface area contributed by atoms with Gasteiger partial charge in [0.15, 0.2) is 11.6 Å². The summed E-state index contributed by atoms with van der Waals surface area (Å²) in [4.78, 5) is 26.9. The fourth-order valence-electron chi connectivity index (χ4n) is 3.49. The summed E-state index contributed by atoms with van der Waals surface area (Å²) in [6.07, 6.45) is 1.79. The summed E-state index contributed by atoms with van der Waals surface area (Å²) >= 11 is 5.85. The Morgan fingerprint density at radius 1 is 1.00 bits per heavy atom. The van der Waals surface area contributed by atoms with Crippen molar-refractivity contribution in [3.8, 4) is 0 Å². The molecule has 0 unspecified atom stereocenters. The van der Waals surface area contributed by atoms with Crippen LogP contribution in [0.15, 0.2) is 48.5 Å². The zero-order valence-electron chi connectivity index (χ0n) is 15.9. The number of halogens is 3. The number of hydrogen-bond donors (Lipinski definition) is 1. The Hall–Kier alpha value is -1.79. The molecule has 0 bridgehead atoms. The van der Waals surface area contributed by atoms with E-state index in [1.54, 1.807) is 24.3 Å². The summed E-state index contributed by atoms with van der Waals surface area (Å²) in [6.45, 7) is 1.92. The molecule has 0 radical (unpaired) electrons. The molecule has 1 saturated heterocycles. The van der Waals surface area contributed by atoms with Gasteiger partial charge in [-0.25, -0.2) is 4.39 Å². The molecule has 1 fully saturated rings. The molecule has 1 N–H and O–H groups in total. The van der Waals surface area contributed by atoms with E-state index in [0.29, 0.717) is 54.9 Å². The zero-order chi connectivity index (χ0) is 20.1. The van der Waals surface area contributed by atoms with Crippen molar-refractivity contribution in [2.75, 3.05) is 19.6 Å². The van der Waals surface area contributed by atoms with Crippen LogP contribution in [0, 0.1) is 5.82 Å². The second-order valence-corrected chi connectivity index (χ2v) is 7.68. The van der Waals surface area contributed by atoms with E-state index in [1.165, 1.54) is 24.3 Å². The summed E-state index contributed by atoms with van der Waals surface area (Å²) in [5.41, 5.74) is -0.373. The Labute approximate surface area is 181 Å². The zero-order valence-corrected chi connectivity index (χ0v) is 17.5. The van der Waals surface area contributed by atoms with Crippen LogP contribution in [0.1, 0.15) is 46.4 Å². The topological polar surface area (TPSA) is 57.6 Å². The normalized spacial score (nSPS) is 16.1. The molecule has 0 atom stereocenters. The highest BCUT2D eigenvalue weighted by Gasteiger charge is 2.39. The minimum absolute atomic E-state index is 0. The van der Waals surface area contributed by atoms with Crippen molar-refractivity contribution < 1.29 is 19.1 Å². The second-order valence-electron chi connectivity index (χ2n) is 7.24. The van der Waals surface area contributed by atoms with Crippen molar-refractivity contribution in [1.29, 1.82) is 0 Å². The summed E-state index contributed by atoms with van der Waals surface area (Å²) < 4.78 is 12.9. The van der Waals surface area contributed by atoms with E-state index in [2.05, 4.69) is 4.90 Å². The van der Waals surface area contributed by atoms with Crippen molar-refractivity contribution in [2.45, 2.75) is 31.3 Å². The molecule has 0 amide bonds. The third-order valence-electron chi connectivity index (χ3n) is 5.26. The maximum Gasteiger partial charge on any atom is 0.194 e. The minimum atomic E-state index is -1.35. The monoisotopic (exact) mass is 439 g/mol. The molecule has 2 aromatic carbocycles. The van der Waals surface area contributed by atoms with Gasteiger partial charge < -0.3 is 10.0 Å². The fourth-order valence-corrected chi connectivity index (χ4v) is 3.61. The number of nitrogens with zero attached hydrogens (tertiary/aromatic N) is 1. The summed E-state index contributed by atoms with van der Waals surface area (Å²) in [7, 11) is 0. The van der Waals surface area contributed by atoms with Crippen molar-refractivity contribution in [3.05, 3.63) is 70.5 Å². The molecular formula is C22H24Cl2FNO3. The third-order valence-corrected chi connectivity index (χ3v) is 5.51. The maximum absolute atomic E-state index is 12.9. The first-order chi connectivity index (χ1) is 13.4. The third kappa shape index (κ3) is 6.09. The Morgan fingerprint density at radius 2 is 1.55 bits per heavy atom. The lowest BCUT2D eigenvalue weighted by Gasteiger charge is -2.37. The number of aliphatic hydroxyl groups is 1. The number of Topliss-reactive ketones (excluding diaryl/α,β-unsaturated/α-hetero) is 2. The molecule has 0 aromatic heterocycles. The second kappa shape index (κ2) is 10.3. The largest absolute Gasteiger partial charge is 0.382 e. The lowest BCUT2D eigenvalue weighted by molar-refractivity contribution is -0.00648. The molecule has 156 valence electrons. The lowest BCUT2D eigenvalue weighted by Crippen LogP contribution is -2.49. The first-order valence-corrected chi connectivity index (χ1v) is 9.79. The quantitative estimate of drug-likeness (QED) is 0.641. The van der Waals surface area contributed by atoms with Gasteiger partial charge in [0.1, 0.15) is 11.4 Å². The van der Waals surface area contributed by atoms with E-state index in [-0.39, 0.29) is 29.8 Å². The van der Waals surface area contributed by atoms with Crippen molar-refractivity contribution in [2.24, 2.45) is 0 Å². The number of likely N-dealkylation sites (tertiary alicyclic amines) is 1. The number of piperidine rings is 1. The molecule has 1 aliphatic heterocycles. The minimum Gasteiger partial charge on any atom is -0.382 e. The molecule has 7 heteroatoms. The van der Waals surface area contributed by atoms with E-state index in [4.69, 9.17) is 11.6 Å². The summed E-state index contributed by atoms with van der Waals surface area (Å²) in [5.74, 6) is -0.632. The SMILES string of the molecule is Cl.O=C(CCCN1CCC(O)(C(=O)c2ccc(Cl)cc2)CC1)c1ccc(F)cc1. The van der Waals surface area contributed by atoms with Gasteiger partial charge in [-0.15, -0.1) is 12.4 Å². The molecule has 1 heterocycles. The highest BCUT2D eigenvalue weighted by atomic mass is 35.5. The van der Waals surface area contributed by atoms with Crippen LogP contribution in [-0.2, 0) is 0 Å². The average Bonchev–Trinajstić information content (AvgIpc) is 2.70. The van der Waals surface area contributed by atoms with Crippen LogP contribution in [0.25, 0.3) is 0 Å². The van der Waals surface area contributed by atoms with Gasteiger partial charge in [-0.2, -0.15) is 0 Å². The number of ketones is 2. The smallest absolute Gasteiger partial charge is 0.194 e. The molecule has 3 rings (SSSR count). The summed E-state index contributed by atoms with van der Waals surface area (Å²) in [5, 5.41) is 11.3. The summed E-state index contributed by atoms with van der Waals surface area (Å²) in [6, 6.07) is 12.1. The maximum atomic E-state index is 12.9. The van der Waals surface area contributed by atoms with Crippen LogP contribution in [0.5, 0.6) is 0 Å². The molecule has 2 aromatic rings. The standard InChI is InChI=1S/C22H23ClFNO3.ClH/c23-18-7-3-17(4-8-18)21(27)22(28)11-14-25(15-12-22)13-1-2-20(26)16-5-9-19(24)10-6-16;/h3-10,28H,1-2,11-15H2;1H. The van der Waals surface area contributed by atoms with Crippen LogP contribution in [0.4, 0.5) is 4.39 Å². The van der Waals surface area contributed by atoms with Gasteiger partial charge in [0.05, 0.1) is 0 Å². The van der Waals surface area contributed by atoms with Gasteiger partial charge in [0, 0.05) is 35.7 Å². The first kappa shape index (κ1) is 23.5. The molecule has 1 aliphatic rings. The molecule has 0 aliphatic carbocycles. The molecule has 29 heavy (non-hydrogen) atoms. The first-order valence-electron chi connectivity index (χ1n) is 9.41. The number of rotatable bonds is 7. The molecule has 4 nitrogen and oxygen atoms in total. The van der Waals surface area contributed by atoms with E-state index >= 15 is 0 Å². The Morgan fingerprint density at radius 3 is 2.14 bits per heavy atom. The van der Waals surface area contributed by atoms with E-state index in [1.807, 2.05) is 0 Å². The van der Waals surface area contributed by atoms with Gasteiger partial charge in [-0.3, -0.25) is 9.59 Å². The van der Waals surface area contributed by atoms with E-state index in [0.717, 1.165) is 6.54 Å².